The van der Waals surface area contributed by atoms with Gasteiger partial charge in [-0.2, -0.15) is 4.98 Å². The highest BCUT2D eigenvalue weighted by Gasteiger charge is 2.09. The van der Waals surface area contributed by atoms with Crippen molar-refractivity contribution in [3.05, 3.63) is 40.2 Å². The number of benzene rings is 1. The van der Waals surface area contributed by atoms with Crippen LogP contribution in [0.3, 0.4) is 0 Å². The van der Waals surface area contributed by atoms with E-state index in [1.165, 1.54) is 12.1 Å². The molecule has 0 amide bonds. The number of nitrogens with zero attached hydrogens (tertiary/aromatic N) is 1. The van der Waals surface area contributed by atoms with Gasteiger partial charge in [-0.15, -0.1) is 0 Å². The molecule has 1 heterocycles. The van der Waals surface area contributed by atoms with E-state index in [2.05, 4.69) is 9.97 Å². The molecule has 0 saturated carbocycles. The van der Waals surface area contributed by atoms with Crippen LogP contribution >= 0.6 is 0 Å². The number of carbonyl (C=O) groups is 1. The van der Waals surface area contributed by atoms with Crippen molar-refractivity contribution in [3.63, 3.8) is 0 Å². The largest absolute Gasteiger partial charge is 0.481 e. The summed E-state index contributed by atoms with van der Waals surface area (Å²) in [4.78, 5) is 27.7. The summed E-state index contributed by atoms with van der Waals surface area (Å²) >= 11 is 0. The van der Waals surface area contributed by atoms with Gasteiger partial charge in [0.05, 0.1) is 6.42 Å². The van der Waals surface area contributed by atoms with Crippen LogP contribution in [0.4, 0.5) is 4.39 Å². The third kappa shape index (κ3) is 2.30. The second-order valence-corrected chi connectivity index (χ2v) is 3.55. The zero-order chi connectivity index (χ0) is 12.4. The minimum atomic E-state index is -0.979. The fraction of sp³-hybridized carbons (Fsp3) is 0.182. The van der Waals surface area contributed by atoms with Crippen LogP contribution in [0.2, 0.25) is 0 Å². The van der Waals surface area contributed by atoms with Crippen LogP contribution in [0.5, 0.6) is 0 Å². The molecular weight excluding hydrogens is 227 g/mol. The lowest BCUT2D eigenvalue weighted by molar-refractivity contribution is -0.136. The fourth-order valence-electron chi connectivity index (χ4n) is 1.63. The molecule has 17 heavy (non-hydrogen) atoms. The Hall–Kier alpha value is -2.24. The number of aryl methyl sites for hydroxylation is 1. The standard InChI is InChI=1S/C11H9FN2O3/c12-7-3-1-2-6-8(4-5-9(15)16)13-11(17)14-10(6)7/h1-3H,4-5H2,(H,15,16)(H,13,14,17). The SMILES string of the molecule is O=C(O)CCc1[nH]c(=O)nc2c(F)cccc12. The Morgan fingerprint density at radius 1 is 1.47 bits per heavy atom. The highest BCUT2D eigenvalue weighted by molar-refractivity contribution is 5.81. The van der Waals surface area contributed by atoms with Gasteiger partial charge in [0.25, 0.3) is 0 Å². The van der Waals surface area contributed by atoms with E-state index in [1.54, 1.807) is 6.07 Å². The summed E-state index contributed by atoms with van der Waals surface area (Å²) in [6.07, 6.45) is -0.00138. The van der Waals surface area contributed by atoms with Crippen LogP contribution < -0.4 is 5.69 Å². The van der Waals surface area contributed by atoms with Crippen LogP contribution in [0.15, 0.2) is 23.0 Å². The molecule has 0 aliphatic carbocycles. The van der Waals surface area contributed by atoms with Gasteiger partial charge in [-0.05, 0) is 12.5 Å². The molecule has 0 aliphatic rings. The number of nitrogens with one attached hydrogen (secondary N) is 1. The number of rotatable bonds is 3. The van der Waals surface area contributed by atoms with E-state index in [0.717, 1.165) is 0 Å². The molecule has 0 bridgehead atoms. The van der Waals surface area contributed by atoms with Crippen molar-refractivity contribution in [2.45, 2.75) is 12.8 Å². The van der Waals surface area contributed by atoms with E-state index in [4.69, 9.17) is 5.11 Å². The summed E-state index contributed by atoms with van der Waals surface area (Å²) in [5, 5.41) is 9.03. The normalized spacial score (nSPS) is 10.6. The van der Waals surface area contributed by atoms with Crippen LogP contribution in [0.25, 0.3) is 10.9 Å². The Labute approximate surface area is 94.9 Å². The maximum Gasteiger partial charge on any atom is 0.345 e. The van der Waals surface area contributed by atoms with Gasteiger partial charge >= 0.3 is 11.7 Å². The van der Waals surface area contributed by atoms with Crippen LogP contribution in [0.1, 0.15) is 12.1 Å². The lowest BCUT2D eigenvalue weighted by Gasteiger charge is -2.04. The van der Waals surface area contributed by atoms with Crippen molar-refractivity contribution in [3.8, 4) is 0 Å². The van der Waals surface area contributed by atoms with E-state index < -0.39 is 17.5 Å². The Morgan fingerprint density at radius 3 is 2.94 bits per heavy atom. The predicted octanol–water partition coefficient (Wildman–Crippen LogP) is 1.08. The first-order valence-corrected chi connectivity index (χ1v) is 4.97. The third-order valence-corrected chi connectivity index (χ3v) is 2.37. The number of aromatic amines is 1. The average Bonchev–Trinajstić information content (AvgIpc) is 2.27. The smallest absolute Gasteiger partial charge is 0.345 e. The fourth-order valence-corrected chi connectivity index (χ4v) is 1.63. The second kappa shape index (κ2) is 4.32. The maximum atomic E-state index is 13.4. The zero-order valence-electron chi connectivity index (χ0n) is 8.74. The summed E-state index contributed by atoms with van der Waals surface area (Å²) in [5.74, 6) is -1.57. The van der Waals surface area contributed by atoms with Crippen molar-refractivity contribution in [2.24, 2.45) is 0 Å². The minimum Gasteiger partial charge on any atom is -0.481 e. The molecule has 1 aromatic heterocycles. The third-order valence-electron chi connectivity index (χ3n) is 2.37. The number of aromatic nitrogens is 2. The molecule has 0 spiro atoms. The van der Waals surface area contributed by atoms with Crippen molar-refractivity contribution < 1.29 is 14.3 Å². The van der Waals surface area contributed by atoms with E-state index >= 15 is 0 Å². The molecule has 2 N–H and O–H groups in total. The quantitative estimate of drug-likeness (QED) is 0.835. The maximum absolute atomic E-state index is 13.4. The average molecular weight is 236 g/mol. The highest BCUT2D eigenvalue weighted by Crippen LogP contribution is 2.17. The Morgan fingerprint density at radius 2 is 2.24 bits per heavy atom. The number of H-pyrrole nitrogens is 1. The summed E-state index contributed by atoms with van der Waals surface area (Å²) < 4.78 is 13.4. The molecule has 2 rings (SSSR count). The number of carboxylic acids is 1. The number of aliphatic carboxylic acids is 1. The van der Waals surface area contributed by atoms with E-state index in [9.17, 15) is 14.0 Å². The molecule has 88 valence electrons. The van der Waals surface area contributed by atoms with Gasteiger partial charge in [0.15, 0.2) is 0 Å². The first kappa shape index (κ1) is 11.3. The summed E-state index contributed by atoms with van der Waals surface area (Å²) in [6.45, 7) is 0. The van der Waals surface area contributed by atoms with E-state index in [0.29, 0.717) is 11.1 Å². The van der Waals surface area contributed by atoms with Crippen molar-refractivity contribution >= 4 is 16.9 Å². The molecular formula is C11H9FN2O3. The first-order chi connectivity index (χ1) is 8.08. The first-order valence-electron chi connectivity index (χ1n) is 4.97. The Kier molecular flexibility index (Phi) is 2.86. The monoisotopic (exact) mass is 236 g/mol. The summed E-state index contributed by atoms with van der Waals surface area (Å²) in [6, 6.07) is 4.29. The Bertz CT molecular complexity index is 636. The summed E-state index contributed by atoms with van der Waals surface area (Å²) in [7, 11) is 0. The van der Waals surface area contributed by atoms with Gasteiger partial charge in [0, 0.05) is 11.1 Å². The molecule has 0 saturated heterocycles. The second-order valence-electron chi connectivity index (χ2n) is 3.55. The number of carboxylic acid groups (broad SMARTS) is 1. The number of fused-ring (bicyclic) bond motifs is 1. The predicted molar refractivity (Wildman–Crippen MR) is 58.3 cm³/mol. The van der Waals surface area contributed by atoms with Crippen LogP contribution in [-0.2, 0) is 11.2 Å². The highest BCUT2D eigenvalue weighted by atomic mass is 19.1. The van der Waals surface area contributed by atoms with Crippen molar-refractivity contribution in [1.82, 2.24) is 9.97 Å². The minimum absolute atomic E-state index is 0.0309. The van der Waals surface area contributed by atoms with Gasteiger partial charge in [-0.1, -0.05) is 12.1 Å². The van der Waals surface area contributed by atoms with Crippen molar-refractivity contribution in [2.75, 3.05) is 0 Å². The number of para-hydroxylation sites is 1. The molecule has 0 radical (unpaired) electrons. The molecule has 1 aromatic carbocycles. The van der Waals surface area contributed by atoms with Gasteiger partial charge in [0.2, 0.25) is 0 Å². The van der Waals surface area contributed by atoms with Gasteiger partial charge < -0.3 is 10.1 Å². The van der Waals surface area contributed by atoms with E-state index in [1.807, 2.05) is 0 Å². The topological polar surface area (TPSA) is 83.0 Å². The molecule has 6 heteroatoms. The Balaban J connectivity index is 2.58. The molecule has 0 aliphatic heterocycles. The molecule has 0 atom stereocenters. The van der Waals surface area contributed by atoms with Crippen molar-refractivity contribution in [1.29, 1.82) is 0 Å². The van der Waals surface area contributed by atoms with E-state index in [-0.39, 0.29) is 18.4 Å². The molecule has 5 nitrogen and oxygen atoms in total. The lowest BCUT2D eigenvalue weighted by atomic mass is 10.1. The van der Waals surface area contributed by atoms with Gasteiger partial charge in [-0.3, -0.25) is 4.79 Å². The molecule has 2 aromatic rings. The number of halogens is 1. The molecule has 0 fully saturated rings. The summed E-state index contributed by atoms with van der Waals surface area (Å²) in [5.41, 5.74) is -0.318. The number of hydrogen-bond acceptors (Lipinski definition) is 3. The zero-order valence-corrected chi connectivity index (χ0v) is 8.74. The number of hydrogen-bond donors (Lipinski definition) is 2. The van der Waals surface area contributed by atoms with Crippen LogP contribution in [0, 0.1) is 5.82 Å². The lowest BCUT2D eigenvalue weighted by Crippen LogP contribution is -2.14. The van der Waals surface area contributed by atoms with Gasteiger partial charge in [0.1, 0.15) is 11.3 Å². The van der Waals surface area contributed by atoms with Crippen LogP contribution in [-0.4, -0.2) is 21.0 Å². The molecule has 0 unspecified atom stereocenters. The van der Waals surface area contributed by atoms with Gasteiger partial charge in [-0.25, -0.2) is 9.18 Å².